The molecule has 0 unspecified atom stereocenters. The summed E-state index contributed by atoms with van der Waals surface area (Å²) in [5, 5.41) is 31.3. The molecule has 2 saturated heterocycles. The number of aliphatic hydroxyl groups excluding tert-OH is 3. The van der Waals surface area contributed by atoms with Gasteiger partial charge in [-0.1, -0.05) is 0 Å². The Morgan fingerprint density at radius 3 is 2.81 bits per heavy atom. The lowest BCUT2D eigenvalue weighted by molar-refractivity contribution is -0.233. The first-order valence-electron chi connectivity index (χ1n) is 5.04. The molecule has 1 amide bonds. The predicted octanol–water partition coefficient (Wildman–Crippen LogP) is -2.67. The number of carbonyl (C=O) groups is 1. The van der Waals surface area contributed by atoms with Crippen LogP contribution in [0.5, 0.6) is 0 Å². The third-order valence-corrected chi connectivity index (χ3v) is 3.00. The predicted molar refractivity (Wildman–Crippen MR) is 50.3 cm³/mol. The number of hydrogen-bond acceptors (Lipinski definition) is 6. The minimum absolute atomic E-state index is 0.0114. The van der Waals surface area contributed by atoms with Crippen LogP contribution in [0, 0.1) is 0 Å². The van der Waals surface area contributed by atoms with Crippen molar-refractivity contribution in [2.45, 2.75) is 37.1 Å². The first kappa shape index (κ1) is 11.7. The molecule has 92 valence electrons. The smallest absolute Gasteiger partial charge is 0.217 e. The van der Waals surface area contributed by atoms with Gasteiger partial charge in [-0.15, -0.1) is 0 Å². The van der Waals surface area contributed by atoms with E-state index < -0.39 is 36.7 Å². The van der Waals surface area contributed by atoms with E-state index in [0.29, 0.717) is 0 Å². The van der Waals surface area contributed by atoms with E-state index >= 15 is 0 Å². The Labute approximate surface area is 92.0 Å². The number of amides is 1. The van der Waals surface area contributed by atoms with Gasteiger partial charge in [0.25, 0.3) is 0 Å². The zero-order valence-corrected chi connectivity index (χ0v) is 8.79. The number of hydrogen-bond donors (Lipinski definition) is 4. The maximum absolute atomic E-state index is 10.9. The van der Waals surface area contributed by atoms with Crippen molar-refractivity contribution in [3.63, 3.8) is 0 Å². The summed E-state index contributed by atoms with van der Waals surface area (Å²) in [5.74, 6) is -0.355. The molecule has 5 atom stereocenters. The van der Waals surface area contributed by atoms with Crippen molar-refractivity contribution in [2.24, 2.45) is 0 Å². The highest BCUT2D eigenvalue weighted by Gasteiger charge is 2.59. The topological polar surface area (TPSA) is 108 Å². The van der Waals surface area contributed by atoms with Crippen molar-refractivity contribution in [2.75, 3.05) is 13.2 Å². The third-order valence-electron chi connectivity index (χ3n) is 3.00. The molecule has 2 bridgehead atoms. The Balaban J connectivity index is 2.19. The van der Waals surface area contributed by atoms with Gasteiger partial charge in [-0.05, 0) is 0 Å². The Kier molecular flexibility index (Phi) is 2.89. The van der Waals surface area contributed by atoms with Crippen molar-refractivity contribution in [1.29, 1.82) is 0 Å². The standard InChI is InChI=1S/C9H15NO6/c1-4(12)10-5-6(13)7(14)9(2-11)3-15-8(5)16-9/h5-8,11,13-14H,2-3H2,1H3,(H,10,12)/t5-,6+,7+,8-,9-/m0/s1. The van der Waals surface area contributed by atoms with Crippen molar-refractivity contribution < 1.29 is 29.6 Å². The van der Waals surface area contributed by atoms with Gasteiger partial charge in [-0.3, -0.25) is 4.79 Å². The molecule has 7 heteroatoms. The quantitative estimate of drug-likeness (QED) is 0.414. The number of rotatable bonds is 2. The molecule has 2 aliphatic rings. The first-order chi connectivity index (χ1) is 7.50. The molecule has 2 heterocycles. The monoisotopic (exact) mass is 233 g/mol. The lowest BCUT2D eigenvalue weighted by Gasteiger charge is -2.41. The van der Waals surface area contributed by atoms with Gasteiger partial charge in [0.1, 0.15) is 23.9 Å². The summed E-state index contributed by atoms with van der Waals surface area (Å²) in [4.78, 5) is 10.9. The second kappa shape index (κ2) is 3.94. The zero-order valence-electron chi connectivity index (χ0n) is 8.79. The van der Waals surface area contributed by atoms with E-state index in [9.17, 15) is 15.0 Å². The maximum Gasteiger partial charge on any atom is 0.217 e. The fraction of sp³-hybridized carbons (Fsp3) is 0.889. The number of carbonyl (C=O) groups excluding carboxylic acids is 1. The average Bonchev–Trinajstić information content (AvgIpc) is 2.65. The molecule has 16 heavy (non-hydrogen) atoms. The van der Waals surface area contributed by atoms with E-state index in [-0.39, 0.29) is 12.5 Å². The normalized spacial score (nSPS) is 46.8. The van der Waals surface area contributed by atoms with Gasteiger partial charge in [0.05, 0.1) is 13.2 Å². The van der Waals surface area contributed by atoms with Gasteiger partial charge in [0.2, 0.25) is 5.91 Å². The second-order valence-electron chi connectivity index (χ2n) is 4.18. The highest BCUT2D eigenvalue weighted by atomic mass is 16.7. The average molecular weight is 233 g/mol. The Hall–Kier alpha value is -0.730. The van der Waals surface area contributed by atoms with Crippen LogP contribution < -0.4 is 5.32 Å². The minimum atomic E-state index is -1.30. The summed E-state index contributed by atoms with van der Waals surface area (Å²) in [6.07, 6.45) is -3.36. The van der Waals surface area contributed by atoms with E-state index in [4.69, 9.17) is 14.6 Å². The third kappa shape index (κ3) is 1.61. The first-order valence-corrected chi connectivity index (χ1v) is 5.04. The Bertz CT molecular complexity index is 298. The number of fused-ring (bicyclic) bond motifs is 2. The molecule has 2 aliphatic heterocycles. The zero-order chi connectivity index (χ0) is 11.9. The SMILES string of the molecule is CC(=O)N[C@@H]1[C@H]2OC[C@](CO)(O2)[C@H](O)[C@@H]1O. The highest BCUT2D eigenvalue weighted by molar-refractivity contribution is 5.73. The molecular weight excluding hydrogens is 218 g/mol. The maximum atomic E-state index is 10.9. The van der Waals surface area contributed by atoms with Crippen molar-refractivity contribution in [3.05, 3.63) is 0 Å². The Morgan fingerprint density at radius 2 is 2.25 bits per heavy atom. The van der Waals surface area contributed by atoms with Crippen LogP contribution in [-0.2, 0) is 14.3 Å². The Morgan fingerprint density at radius 1 is 1.56 bits per heavy atom. The van der Waals surface area contributed by atoms with Gasteiger partial charge >= 0.3 is 0 Å². The van der Waals surface area contributed by atoms with Crippen LogP contribution in [0.1, 0.15) is 6.92 Å². The number of ether oxygens (including phenoxy) is 2. The summed E-state index contributed by atoms with van der Waals surface area (Å²) in [6.45, 7) is 0.832. The van der Waals surface area contributed by atoms with Crippen LogP contribution in [0.15, 0.2) is 0 Å². The molecule has 2 rings (SSSR count). The molecule has 0 saturated carbocycles. The van der Waals surface area contributed by atoms with Crippen LogP contribution in [0.25, 0.3) is 0 Å². The second-order valence-corrected chi connectivity index (χ2v) is 4.18. The van der Waals surface area contributed by atoms with Crippen molar-refractivity contribution in [3.8, 4) is 0 Å². The minimum Gasteiger partial charge on any atom is -0.393 e. The van der Waals surface area contributed by atoms with E-state index in [1.165, 1.54) is 6.92 Å². The van der Waals surface area contributed by atoms with Crippen LogP contribution >= 0.6 is 0 Å². The van der Waals surface area contributed by atoms with Gasteiger partial charge in [0, 0.05) is 6.92 Å². The van der Waals surface area contributed by atoms with Gasteiger partial charge < -0.3 is 30.1 Å². The largest absolute Gasteiger partial charge is 0.393 e. The van der Waals surface area contributed by atoms with Crippen molar-refractivity contribution >= 4 is 5.91 Å². The van der Waals surface area contributed by atoms with Gasteiger partial charge in [-0.2, -0.15) is 0 Å². The molecule has 0 aromatic carbocycles. The molecule has 0 spiro atoms. The number of nitrogens with one attached hydrogen (secondary N) is 1. The molecule has 0 radical (unpaired) electrons. The van der Waals surface area contributed by atoms with Crippen LogP contribution in [0.3, 0.4) is 0 Å². The van der Waals surface area contributed by atoms with Crippen molar-refractivity contribution in [1.82, 2.24) is 5.32 Å². The summed E-state index contributed by atoms with van der Waals surface area (Å²) >= 11 is 0. The molecule has 2 fully saturated rings. The van der Waals surface area contributed by atoms with E-state index in [1.807, 2.05) is 0 Å². The highest BCUT2D eigenvalue weighted by Crippen LogP contribution is 2.36. The molecular formula is C9H15NO6. The van der Waals surface area contributed by atoms with Crippen LogP contribution in [0.4, 0.5) is 0 Å². The van der Waals surface area contributed by atoms with Gasteiger partial charge in [0.15, 0.2) is 6.29 Å². The molecule has 4 N–H and O–H groups in total. The molecule has 0 aromatic heterocycles. The van der Waals surface area contributed by atoms with Crippen LogP contribution in [0.2, 0.25) is 0 Å². The van der Waals surface area contributed by atoms with E-state index in [0.717, 1.165) is 0 Å². The summed E-state index contributed by atoms with van der Waals surface area (Å²) in [7, 11) is 0. The lowest BCUT2D eigenvalue weighted by atomic mass is 9.88. The van der Waals surface area contributed by atoms with Gasteiger partial charge in [-0.25, -0.2) is 0 Å². The fourth-order valence-electron chi connectivity index (χ4n) is 2.09. The molecule has 0 aromatic rings. The van der Waals surface area contributed by atoms with Crippen LogP contribution in [-0.4, -0.2) is 64.6 Å². The summed E-state index contributed by atoms with van der Waals surface area (Å²) < 4.78 is 10.5. The summed E-state index contributed by atoms with van der Waals surface area (Å²) in [5.41, 5.74) is -1.28. The number of aliphatic hydroxyl groups is 3. The lowest BCUT2D eigenvalue weighted by Crippen LogP contribution is -2.66. The summed E-state index contributed by atoms with van der Waals surface area (Å²) in [6, 6.07) is -0.824. The molecule has 7 nitrogen and oxygen atoms in total. The van der Waals surface area contributed by atoms with E-state index in [1.54, 1.807) is 0 Å². The van der Waals surface area contributed by atoms with E-state index in [2.05, 4.69) is 5.32 Å². The fourth-order valence-corrected chi connectivity index (χ4v) is 2.09. The molecule has 0 aliphatic carbocycles.